The summed E-state index contributed by atoms with van der Waals surface area (Å²) in [5, 5.41) is 0. The standard InChI is InChI=1S/C10H15Br2NO2/c1-9(11)4-6-7(5-10(9,2)12)13(6)8(14)15-3/h6-7H,4-5H2,1-3H3/t6-,7+,9-,10-,13?/m1/s1. The van der Waals surface area contributed by atoms with Crippen LogP contribution in [-0.4, -0.2) is 38.8 Å². The van der Waals surface area contributed by atoms with E-state index in [1.54, 1.807) is 0 Å². The lowest BCUT2D eigenvalue weighted by Crippen LogP contribution is -2.45. The quantitative estimate of drug-likeness (QED) is 0.501. The first-order valence-corrected chi connectivity index (χ1v) is 6.63. The van der Waals surface area contributed by atoms with E-state index in [0.29, 0.717) is 12.1 Å². The molecule has 1 heterocycles. The Kier molecular flexibility index (Phi) is 2.62. The van der Waals surface area contributed by atoms with E-state index >= 15 is 0 Å². The highest BCUT2D eigenvalue weighted by molar-refractivity contribution is 9.13. The predicted molar refractivity (Wildman–Crippen MR) is 65.7 cm³/mol. The van der Waals surface area contributed by atoms with Crippen LogP contribution in [0.25, 0.3) is 0 Å². The SMILES string of the molecule is COC(=O)N1[C@@H]2C[C@@](C)(Br)[C@](C)(Br)C[C@@H]21. The van der Waals surface area contributed by atoms with E-state index in [0.717, 1.165) is 12.8 Å². The van der Waals surface area contributed by atoms with Gasteiger partial charge < -0.3 is 4.74 Å². The van der Waals surface area contributed by atoms with Crippen molar-refractivity contribution < 1.29 is 9.53 Å². The van der Waals surface area contributed by atoms with Crippen LogP contribution in [0.15, 0.2) is 0 Å². The van der Waals surface area contributed by atoms with Gasteiger partial charge in [-0.15, -0.1) is 0 Å². The van der Waals surface area contributed by atoms with Gasteiger partial charge in [0.15, 0.2) is 0 Å². The molecule has 1 saturated carbocycles. The Morgan fingerprint density at radius 1 is 1.27 bits per heavy atom. The molecule has 0 aromatic heterocycles. The Labute approximate surface area is 107 Å². The number of halogens is 2. The molecule has 2 rings (SSSR count). The van der Waals surface area contributed by atoms with Gasteiger partial charge in [-0.2, -0.15) is 0 Å². The minimum atomic E-state index is -0.196. The van der Waals surface area contributed by atoms with Gasteiger partial charge in [0.1, 0.15) is 0 Å². The number of rotatable bonds is 0. The molecule has 1 aliphatic carbocycles. The molecule has 0 radical (unpaired) electrons. The van der Waals surface area contributed by atoms with Crippen LogP contribution < -0.4 is 0 Å². The number of methoxy groups -OCH3 is 1. The highest BCUT2D eigenvalue weighted by Crippen LogP contribution is 2.56. The van der Waals surface area contributed by atoms with Crippen LogP contribution in [0, 0.1) is 0 Å². The zero-order valence-electron chi connectivity index (χ0n) is 9.09. The Bertz CT molecular complexity index is 282. The van der Waals surface area contributed by atoms with Crippen LogP contribution in [0.1, 0.15) is 26.7 Å². The Morgan fingerprint density at radius 3 is 2.00 bits per heavy atom. The second-order valence-electron chi connectivity index (χ2n) is 4.82. The van der Waals surface area contributed by atoms with Crippen molar-refractivity contribution in [1.29, 1.82) is 0 Å². The summed E-state index contributed by atoms with van der Waals surface area (Å²) in [5.41, 5.74) is 0. The number of amides is 1. The number of alkyl halides is 2. The highest BCUT2D eigenvalue weighted by atomic mass is 79.9. The van der Waals surface area contributed by atoms with E-state index in [2.05, 4.69) is 45.7 Å². The number of fused-ring (bicyclic) bond motifs is 1. The average Bonchev–Trinajstić information content (AvgIpc) is 2.74. The summed E-state index contributed by atoms with van der Waals surface area (Å²) in [4.78, 5) is 13.3. The van der Waals surface area contributed by atoms with E-state index in [9.17, 15) is 4.79 Å². The van der Waals surface area contributed by atoms with Gasteiger partial charge >= 0.3 is 6.09 Å². The zero-order valence-corrected chi connectivity index (χ0v) is 12.3. The number of ether oxygens (including phenoxy) is 1. The second-order valence-corrected chi connectivity index (χ2v) is 8.32. The topological polar surface area (TPSA) is 29.3 Å². The number of hydrogen-bond acceptors (Lipinski definition) is 2. The van der Waals surface area contributed by atoms with Crippen LogP contribution >= 0.6 is 31.9 Å². The van der Waals surface area contributed by atoms with Gasteiger partial charge in [-0.25, -0.2) is 4.79 Å². The molecule has 0 N–H and O–H groups in total. The highest BCUT2D eigenvalue weighted by Gasteiger charge is 2.63. The van der Waals surface area contributed by atoms with E-state index in [1.807, 2.05) is 4.90 Å². The summed E-state index contributed by atoms with van der Waals surface area (Å²) in [6, 6.07) is 0.708. The van der Waals surface area contributed by atoms with Gasteiger partial charge in [0.25, 0.3) is 0 Å². The van der Waals surface area contributed by atoms with Crippen LogP contribution in [0.5, 0.6) is 0 Å². The molecule has 1 amide bonds. The first-order chi connectivity index (χ1) is 6.80. The Hall–Kier alpha value is 0.230. The van der Waals surface area contributed by atoms with Crippen molar-refractivity contribution >= 4 is 38.0 Å². The first-order valence-electron chi connectivity index (χ1n) is 5.04. The predicted octanol–water partition coefficient (Wildman–Crippen LogP) is 2.91. The number of hydrogen-bond donors (Lipinski definition) is 0. The van der Waals surface area contributed by atoms with Crippen LogP contribution in [-0.2, 0) is 4.74 Å². The molecule has 0 unspecified atom stereocenters. The molecular formula is C10H15Br2NO2. The fourth-order valence-electron chi connectivity index (χ4n) is 2.39. The summed E-state index contributed by atoms with van der Waals surface area (Å²) < 4.78 is 4.82. The number of nitrogens with zero attached hydrogens (tertiary/aromatic N) is 1. The maximum atomic E-state index is 11.4. The van der Waals surface area contributed by atoms with Crippen molar-refractivity contribution in [1.82, 2.24) is 4.90 Å². The van der Waals surface area contributed by atoms with Crippen molar-refractivity contribution in [2.75, 3.05) is 7.11 Å². The molecule has 0 aromatic carbocycles. The lowest BCUT2D eigenvalue weighted by atomic mass is 9.81. The molecule has 0 aromatic rings. The normalized spacial score (nSPS) is 48.5. The van der Waals surface area contributed by atoms with Gasteiger partial charge in [0, 0.05) is 8.65 Å². The molecule has 5 heteroatoms. The van der Waals surface area contributed by atoms with Gasteiger partial charge in [0.2, 0.25) is 0 Å². The van der Waals surface area contributed by atoms with E-state index in [4.69, 9.17) is 4.74 Å². The third-order valence-corrected chi connectivity index (χ3v) is 6.66. The van der Waals surface area contributed by atoms with Crippen molar-refractivity contribution in [2.24, 2.45) is 0 Å². The van der Waals surface area contributed by atoms with Crippen molar-refractivity contribution in [3.63, 3.8) is 0 Å². The van der Waals surface area contributed by atoms with Crippen molar-refractivity contribution in [2.45, 2.75) is 47.4 Å². The number of carbonyl (C=O) groups is 1. The fourth-order valence-corrected chi connectivity index (χ4v) is 3.38. The molecule has 2 fully saturated rings. The van der Waals surface area contributed by atoms with Crippen LogP contribution in [0.4, 0.5) is 4.79 Å². The summed E-state index contributed by atoms with van der Waals surface area (Å²) in [6.07, 6.45) is 1.74. The molecule has 0 bridgehead atoms. The molecule has 15 heavy (non-hydrogen) atoms. The van der Waals surface area contributed by atoms with Crippen LogP contribution in [0.3, 0.4) is 0 Å². The fraction of sp³-hybridized carbons (Fsp3) is 0.900. The largest absolute Gasteiger partial charge is 0.453 e. The van der Waals surface area contributed by atoms with E-state index < -0.39 is 0 Å². The zero-order chi connectivity index (χ0) is 11.4. The van der Waals surface area contributed by atoms with Crippen molar-refractivity contribution in [3.8, 4) is 0 Å². The minimum absolute atomic E-state index is 0.0317. The summed E-state index contributed by atoms with van der Waals surface area (Å²) >= 11 is 7.51. The average molecular weight is 341 g/mol. The van der Waals surface area contributed by atoms with Crippen molar-refractivity contribution in [3.05, 3.63) is 0 Å². The molecule has 1 saturated heterocycles. The third-order valence-electron chi connectivity index (χ3n) is 3.73. The molecule has 3 nitrogen and oxygen atoms in total. The third kappa shape index (κ3) is 1.71. The van der Waals surface area contributed by atoms with Gasteiger partial charge in [0.05, 0.1) is 19.2 Å². The minimum Gasteiger partial charge on any atom is -0.453 e. The lowest BCUT2D eigenvalue weighted by molar-refractivity contribution is 0.150. The van der Waals surface area contributed by atoms with Gasteiger partial charge in [-0.1, -0.05) is 31.9 Å². The summed E-state index contributed by atoms with van der Waals surface area (Å²) in [6.45, 7) is 4.34. The monoisotopic (exact) mass is 339 g/mol. The lowest BCUT2D eigenvalue weighted by Gasteiger charge is -2.40. The van der Waals surface area contributed by atoms with Gasteiger partial charge in [-0.05, 0) is 26.7 Å². The molecule has 2 aliphatic rings. The Morgan fingerprint density at radius 2 is 1.67 bits per heavy atom. The van der Waals surface area contributed by atoms with Crippen LogP contribution in [0.2, 0.25) is 0 Å². The van der Waals surface area contributed by atoms with E-state index in [-0.39, 0.29) is 14.7 Å². The maximum absolute atomic E-state index is 11.4. The smallest absolute Gasteiger partial charge is 0.410 e. The van der Waals surface area contributed by atoms with E-state index in [1.165, 1.54) is 7.11 Å². The first kappa shape index (κ1) is 11.7. The molecule has 4 atom stereocenters. The molecule has 86 valence electrons. The second kappa shape index (κ2) is 3.36. The summed E-state index contributed by atoms with van der Waals surface area (Å²) in [7, 11) is 1.44. The molecule has 0 spiro atoms. The molecule has 1 aliphatic heterocycles. The maximum Gasteiger partial charge on any atom is 0.410 e. The molecular weight excluding hydrogens is 326 g/mol. The number of likely N-dealkylation sites (tertiary alicyclic amines) is 1. The number of carbonyl (C=O) groups excluding carboxylic acids is 1. The summed E-state index contributed by atoms with van der Waals surface area (Å²) in [5.74, 6) is 0. The Balaban J connectivity index is 2.12. The van der Waals surface area contributed by atoms with Gasteiger partial charge in [-0.3, -0.25) is 4.90 Å².